The van der Waals surface area contributed by atoms with Crippen molar-refractivity contribution in [2.24, 2.45) is 0 Å². The van der Waals surface area contributed by atoms with Crippen LogP contribution in [-0.4, -0.2) is 20.1 Å². The van der Waals surface area contributed by atoms with Gasteiger partial charge < -0.3 is 24.3 Å². The number of methoxy groups -OCH3 is 2. The zero-order chi connectivity index (χ0) is 28.3. The van der Waals surface area contributed by atoms with E-state index < -0.39 is 5.91 Å². The van der Waals surface area contributed by atoms with Crippen molar-refractivity contribution in [3.05, 3.63) is 118 Å². The van der Waals surface area contributed by atoms with Crippen LogP contribution in [0.15, 0.2) is 96.6 Å². The van der Waals surface area contributed by atoms with Crippen molar-refractivity contribution in [3.63, 3.8) is 0 Å². The van der Waals surface area contributed by atoms with Crippen molar-refractivity contribution in [1.29, 1.82) is 5.26 Å². The van der Waals surface area contributed by atoms with Crippen LogP contribution in [0.5, 0.6) is 23.0 Å². The maximum absolute atomic E-state index is 12.6. The lowest BCUT2D eigenvalue weighted by Crippen LogP contribution is -2.13. The first kappa shape index (κ1) is 28.1. The predicted molar refractivity (Wildman–Crippen MR) is 155 cm³/mol. The fourth-order valence-electron chi connectivity index (χ4n) is 3.76. The van der Waals surface area contributed by atoms with Crippen LogP contribution in [0.1, 0.15) is 16.7 Å². The van der Waals surface area contributed by atoms with E-state index in [0.717, 1.165) is 11.1 Å². The van der Waals surface area contributed by atoms with Gasteiger partial charge in [-0.25, -0.2) is 0 Å². The van der Waals surface area contributed by atoms with Crippen molar-refractivity contribution >= 4 is 29.3 Å². The molecule has 40 heavy (non-hydrogen) atoms. The molecule has 0 saturated carbocycles. The SMILES string of the molecule is COc1cc(/C=C(/C#N)C(=O)Nc2ccc(Cl)cc2)ccc1OCc1ccc(OCc2ccccc2)c(OC)c1. The van der Waals surface area contributed by atoms with Crippen LogP contribution in [0.25, 0.3) is 6.08 Å². The number of hydrogen-bond donors (Lipinski definition) is 1. The largest absolute Gasteiger partial charge is 0.493 e. The molecule has 0 radical (unpaired) electrons. The molecule has 0 unspecified atom stereocenters. The van der Waals surface area contributed by atoms with Gasteiger partial charge in [0.25, 0.3) is 5.91 Å². The van der Waals surface area contributed by atoms with Crippen LogP contribution < -0.4 is 24.3 Å². The smallest absolute Gasteiger partial charge is 0.266 e. The average Bonchev–Trinajstić information content (AvgIpc) is 2.99. The summed E-state index contributed by atoms with van der Waals surface area (Å²) in [4.78, 5) is 12.6. The Bertz CT molecular complexity index is 1530. The topological polar surface area (TPSA) is 89.8 Å². The maximum atomic E-state index is 12.6. The van der Waals surface area contributed by atoms with Crippen LogP contribution in [-0.2, 0) is 18.0 Å². The lowest BCUT2D eigenvalue weighted by Gasteiger charge is -2.14. The van der Waals surface area contributed by atoms with Crippen molar-refractivity contribution < 1.29 is 23.7 Å². The van der Waals surface area contributed by atoms with Gasteiger partial charge in [-0.15, -0.1) is 0 Å². The predicted octanol–water partition coefficient (Wildman–Crippen LogP) is 7.06. The number of ether oxygens (including phenoxy) is 4. The van der Waals surface area contributed by atoms with Gasteiger partial charge in [-0.05, 0) is 71.3 Å². The molecule has 0 atom stereocenters. The zero-order valence-electron chi connectivity index (χ0n) is 22.0. The molecule has 0 spiro atoms. The minimum atomic E-state index is -0.533. The number of benzene rings is 4. The normalized spacial score (nSPS) is 10.8. The van der Waals surface area contributed by atoms with Crippen molar-refractivity contribution in [2.45, 2.75) is 13.2 Å². The van der Waals surface area contributed by atoms with E-state index in [9.17, 15) is 10.1 Å². The summed E-state index contributed by atoms with van der Waals surface area (Å²) in [5, 5.41) is 12.8. The standard InChI is InChI=1S/C32H27ClN2O5/c1-37-30-17-23(16-25(19-34)32(36)35-27-12-10-26(33)11-13-27)8-14-28(30)40-21-24-9-15-29(31(18-24)38-2)39-20-22-6-4-3-5-7-22/h3-18H,20-21H2,1-2H3,(H,35,36)/b25-16-. The molecule has 4 rings (SSSR count). The summed E-state index contributed by atoms with van der Waals surface area (Å²) in [7, 11) is 3.12. The third kappa shape index (κ3) is 7.56. The Hall–Kier alpha value is -4.93. The van der Waals surface area contributed by atoms with Crippen LogP contribution >= 0.6 is 11.6 Å². The highest BCUT2D eigenvalue weighted by Gasteiger charge is 2.12. The number of rotatable bonds is 11. The molecule has 202 valence electrons. The number of halogens is 1. The number of carbonyl (C=O) groups excluding carboxylic acids is 1. The molecule has 0 bridgehead atoms. The molecule has 4 aromatic carbocycles. The first-order valence-electron chi connectivity index (χ1n) is 12.3. The van der Waals surface area contributed by atoms with Gasteiger partial charge in [0.1, 0.15) is 24.9 Å². The Morgan fingerprint density at radius 1 is 0.800 bits per heavy atom. The molecule has 0 aliphatic carbocycles. The Balaban J connectivity index is 1.42. The molecule has 0 aromatic heterocycles. The average molecular weight is 555 g/mol. The van der Waals surface area contributed by atoms with E-state index in [4.69, 9.17) is 30.5 Å². The van der Waals surface area contributed by atoms with Crippen LogP contribution in [0.3, 0.4) is 0 Å². The van der Waals surface area contributed by atoms with Gasteiger partial charge in [-0.3, -0.25) is 4.79 Å². The Kier molecular flexibility index (Phi) is 9.65. The van der Waals surface area contributed by atoms with Gasteiger partial charge in [0, 0.05) is 10.7 Å². The second-order valence-electron chi connectivity index (χ2n) is 8.59. The fraction of sp³-hybridized carbons (Fsp3) is 0.125. The highest BCUT2D eigenvalue weighted by atomic mass is 35.5. The molecule has 0 saturated heterocycles. The monoisotopic (exact) mass is 554 g/mol. The number of anilines is 1. The van der Waals surface area contributed by atoms with Crippen molar-refractivity contribution in [2.75, 3.05) is 19.5 Å². The van der Waals surface area contributed by atoms with Crippen LogP contribution in [0.4, 0.5) is 5.69 Å². The first-order valence-corrected chi connectivity index (χ1v) is 12.7. The molecule has 1 amide bonds. The van der Waals surface area contributed by atoms with E-state index in [1.807, 2.05) is 54.6 Å². The molecular formula is C32H27ClN2O5. The minimum Gasteiger partial charge on any atom is -0.493 e. The molecular weight excluding hydrogens is 528 g/mol. The highest BCUT2D eigenvalue weighted by Crippen LogP contribution is 2.32. The van der Waals surface area contributed by atoms with Gasteiger partial charge in [-0.1, -0.05) is 54.1 Å². The van der Waals surface area contributed by atoms with E-state index in [2.05, 4.69) is 5.32 Å². The number of nitrogens with zero attached hydrogens (tertiary/aromatic N) is 1. The molecule has 8 heteroatoms. The molecule has 1 N–H and O–H groups in total. The number of carbonyl (C=O) groups is 1. The maximum Gasteiger partial charge on any atom is 0.266 e. The fourth-order valence-corrected chi connectivity index (χ4v) is 3.88. The second kappa shape index (κ2) is 13.7. The second-order valence-corrected chi connectivity index (χ2v) is 9.03. The lowest BCUT2D eigenvalue weighted by atomic mass is 10.1. The van der Waals surface area contributed by atoms with Gasteiger partial charge in [-0.2, -0.15) is 5.26 Å². The molecule has 4 aromatic rings. The van der Waals surface area contributed by atoms with E-state index in [-0.39, 0.29) is 12.2 Å². The molecule has 0 fully saturated rings. The lowest BCUT2D eigenvalue weighted by molar-refractivity contribution is -0.112. The van der Waals surface area contributed by atoms with Gasteiger partial charge in [0.05, 0.1) is 14.2 Å². The number of nitrogens with one attached hydrogen (secondary N) is 1. The molecule has 0 aliphatic rings. The third-order valence-corrected chi connectivity index (χ3v) is 6.08. The summed E-state index contributed by atoms with van der Waals surface area (Å²) in [5.41, 5.74) is 3.01. The van der Waals surface area contributed by atoms with E-state index >= 15 is 0 Å². The van der Waals surface area contributed by atoms with Crippen LogP contribution in [0.2, 0.25) is 5.02 Å². The summed E-state index contributed by atoms with van der Waals surface area (Å²) in [6.07, 6.45) is 1.48. The Morgan fingerprint density at radius 3 is 2.08 bits per heavy atom. The third-order valence-electron chi connectivity index (χ3n) is 5.83. The van der Waals surface area contributed by atoms with E-state index in [1.165, 1.54) is 13.2 Å². The number of nitriles is 1. The van der Waals surface area contributed by atoms with Gasteiger partial charge in [0.15, 0.2) is 23.0 Å². The summed E-state index contributed by atoms with van der Waals surface area (Å²) in [6, 6.07) is 29.3. The molecule has 7 nitrogen and oxygen atoms in total. The molecule has 0 heterocycles. The van der Waals surface area contributed by atoms with E-state index in [1.54, 1.807) is 49.6 Å². The summed E-state index contributed by atoms with van der Waals surface area (Å²) in [6.45, 7) is 0.690. The summed E-state index contributed by atoms with van der Waals surface area (Å²) >= 11 is 5.89. The minimum absolute atomic E-state index is 0.0626. The Labute approximate surface area is 238 Å². The number of hydrogen-bond acceptors (Lipinski definition) is 6. The highest BCUT2D eigenvalue weighted by molar-refractivity contribution is 6.30. The zero-order valence-corrected chi connectivity index (χ0v) is 22.8. The Morgan fingerprint density at radius 2 is 1.43 bits per heavy atom. The quantitative estimate of drug-likeness (QED) is 0.158. The van der Waals surface area contributed by atoms with E-state index in [0.29, 0.717) is 45.9 Å². The summed E-state index contributed by atoms with van der Waals surface area (Å²) in [5.74, 6) is 1.67. The van der Waals surface area contributed by atoms with Gasteiger partial charge in [0.2, 0.25) is 0 Å². The first-order chi connectivity index (χ1) is 19.5. The van der Waals surface area contributed by atoms with Crippen molar-refractivity contribution in [3.8, 4) is 29.1 Å². The van der Waals surface area contributed by atoms with Gasteiger partial charge >= 0.3 is 0 Å². The van der Waals surface area contributed by atoms with Crippen LogP contribution in [0, 0.1) is 11.3 Å². The number of amides is 1. The summed E-state index contributed by atoms with van der Waals surface area (Å²) < 4.78 is 23.0. The molecule has 0 aliphatic heterocycles. The van der Waals surface area contributed by atoms with Crippen molar-refractivity contribution in [1.82, 2.24) is 0 Å².